The Morgan fingerprint density at radius 1 is 1.41 bits per heavy atom. The number of ether oxygens (including phenoxy) is 1. The highest BCUT2D eigenvalue weighted by Crippen LogP contribution is 2.23. The Hall–Kier alpha value is -2.45. The molecule has 2 aromatic rings. The van der Waals surface area contributed by atoms with E-state index in [0.29, 0.717) is 44.0 Å². The number of nitrogens with one attached hydrogen (secondary N) is 2. The van der Waals surface area contributed by atoms with E-state index in [1.807, 2.05) is 19.1 Å². The molecule has 27 heavy (non-hydrogen) atoms. The van der Waals surface area contributed by atoms with Crippen molar-refractivity contribution in [2.75, 3.05) is 31.6 Å². The first-order chi connectivity index (χ1) is 13.0. The Bertz CT molecular complexity index is 809. The van der Waals surface area contributed by atoms with Crippen LogP contribution in [0.25, 0.3) is 11.0 Å². The molecule has 0 radical (unpaired) electrons. The van der Waals surface area contributed by atoms with E-state index in [1.54, 1.807) is 17.9 Å². The Labute approximate surface area is 157 Å². The Morgan fingerprint density at radius 2 is 2.15 bits per heavy atom. The maximum atomic E-state index is 12.6. The number of hydrogen-bond acceptors (Lipinski definition) is 5. The van der Waals surface area contributed by atoms with Gasteiger partial charge in [-0.2, -0.15) is 0 Å². The van der Waals surface area contributed by atoms with Gasteiger partial charge in [0.15, 0.2) is 0 Å². The number of nitrogens with zero attached hydrogens (tertiary/aromatic N) is 2. The molecule has 1 atom stereocenters. The van der Waals surface area contributed by atoms with Crippen molar-refractivity contribution in [2.45, 2.75) is 32.8 Å². The lowest BCUT2D eigenvalue weighted by Crippen LogP contribution is -2.42. The molecular formula is C19H26N4O4. The summed E-state index contributed by atoms with van der Waals surface area (Å²) in [5.41, 5.74) is 2.19. The standard InChI is InChI=1S/C19H26N4O4/c1-3-27-11-17(25)23-8-6-13(7-9-23)19(26)20-14-4-5-15-16(10-14)22-18(21-15)12(2)24/h4-5,10,12-13,24H,3,6-9,11H2,1-2H3,(H,20,26)(H,21,22). The average Bonchev–Trinajstić information content (AvgIpc) is 3.10. The summed E-state index contributed by atoms with van der Waals surface area (Å²) in [7, 11) is 0. The van der Waals surface area contributed by atoms with Crippen molar-refractivity contribution in [3.05, 3.63) is 24.0 Å². The number of aliphatic hydroxyl groups excluding tert-OH is 1. The summed E-state index contributed by atoms with van der Waals surface area (Å²) in [5.74, 6) is 0.319. The molecule has 1 fully saturated rings. The number of piperidine rings is 1. The molecule has 1 unspecified atom stereocenters. The van der Waals surface area contributed by atoms with E-state index in [2.05, 4.69) is 15.3 Å². The lowest BCUT2D eigenvalue weighted by Gasteiger charge is -2.31. The molecule has 1 aliphatic rings. The van der Waals surface area contributed by atoms with Gasteiger partial charge in [0, 0.05) is 31.3 Å². The van der Waals surface area contributed by atoms with Crippen LogP contribution in [-0.2, 0) is 14.3 Å². The molecule has 8 heteroatoms. The minimum atomic E-state index is -0.675. The van der Waals surface area contributed by atoms with Crippen LogP contribution < -0.4 is 5.32 Å². The summed E-state index contributed by atoms with van der Waals surface area (Å²) in [6, 6.07) is 5.42. The molecule has 0 aliphatic carbocycles. The van der Waals surface area contributed by atoms with E-state index in [9.17, 15) is 14.7 Å². The van der Waals surface area contributed by atoms with Crippen molar-refractivity contribution in [1.82, 2.24) is 14.9 Å². The third kappa shape index (κ3) is 4.64. The minimum absolute atomic E-state index is 0.0191. The van der Waals surface area contributed by atoms with Crippen LogP contribution >= 0.6 is 0 Å². The van der Waals surface area contributed by atoms with Gasteiger partial charge in [-0.15, -0.1) is 0 Å². The summed E-state index contributed by atoms with van der Waals surface area (Å²) in [6.07, 6.45) is 0.607. The maximum absolute atomic E-state index is 12.6. The molecule has 146 valence electrons. The summed E-state index contributed by atoms with van der Waals surface area (Å²) in [4.78, 5) is 33.6. The highest BCUT2D eigenvalue weighted by atomic mass is 16.5. The van der Waals surface area contributed by atoms with Gasteiger partial charge in [-0.05, 0) is 44.9 Å². The maximum Gasteiger partial charge on any atom is 0.248 e. The number of carbonyl (C=O) groups is 2. The molecule has 0 bridgehead atoms. The normalized spacial score (nSPS) is 16.5. The highest BCUT2D eigenvalue weighted by molar-refractivity contribution is 5.94. The van der Waals surface area contributed by atoms with Crippen LogP contribution in [0.3, 0.4) is 0 Å². The van der Waals surface area contributed by atoms with E-state index in [0.717, 1.165) is 11.0 Å². The third-order valence-corrected chi connectivity index (χ3v) is 4.81. The Kier molecular flexibility index (Phi) is 6.08. The molecule has 0 spiro atoms. The fourth-order valence-electron chi connectivity index (χ4n) is 3.22. The van der Waals surface area contributed by atoms with Gasteiger partial charge in [-0.25, -0.2) is 4.98 Å². The smallest absolute Gasteiger partial charge is 0.248 e. The summed E-state index contributed by atoms with van der Waals surface area (Å²) >= 11 is 0. The molecule has 1 aliphatic heterocycles. The van der Waals surface area contributed by atoms with Crippen molar-refractivity contribution in [3.8, 4) is 0 Å². The molecule has 1 aromatic carbocycles. The van der Waals surface area contributed by atoms with Gasteiger partial charge in [0.05, 0.1) is 11.0 Å². The topological polar surface area (TPSA) is 108 Å². The van der Waals surface area contributed by atoms with Gasteiger partial charge >= 0.3 is 0 Å². The number of anilines is 1. The Morgan fingerprint density at radius 3 is 2.81 bits per heavy atom. The van der Waals surface area contributed by atoms with Gasteiger partial charge in [-0.1, -0.05) is 0 Å². The zero-order valence-corrected chi connectivity index (χ0v) is 15.7. The predicted octanol–water partition coefficient (Wildman–Crippen LogP) is 1.83. The Balaban J connectivity index is 1.56. The van der Waals surface area contributed by atoms with Crippen molar-refractivity contribution < 1.29 is 19.4 Å². The summed E-state index contributed by atoms with van der Waals surface area (Å²) in [5, 5.41) is 12.6. The first kappa shape index (κ1) is 19.3. The number of fused-ring (bicyclic) bond motifs is 1. The van der Waals surface area contributed by atoms with Gasteiger partial charge < -0.3 is 25.0 Å². The first-order valence-electron chi connectivity index (χ1n) is 9.32. The number of likely N-dealkylation sites (tertiary alicyclic amines) is 1. The molecule has 3 N–H and O–H groups in total. The summed E-state index contributed by atoms with van der Waals surface area (Å²) in [6.45, 7) is 5.26. The molecule has 2 heterocycles. The van der Waals surface area contributed by atoms with Crippen LogP contribution in [0.4, 0.5) is 5.69 Å². The van der Waals surface area contributed by atoms with E-state index in [-0.39, 0.29) is 24.3 Å². The first-order valence-corrected chi connectivity index (χ1v) is 9.32. The van der Waals surface area contributed by atoms with Crippen LogP contribution in [0, 0.1) is 5.92 Å². The van der Waals surface area contributed by atoms with Crippen molar-refractivity contribution >= 4 is 28.5 Å². The number of carbonyl (C=O) groups excluding carboxylic acids is 2. The minimum Gasteiger partial charge on any atom is -0.385 e. The zero-order valence-electron chi connectivity index (χ0n) is 15.7. The van der Waals surface area contributed by atoms with E-state index >= 15 is 0 Å². The van der Waals surface area contributed by atoms with E-state index < -0.39 is 6.10 Å². The fourth-order valence-corrected chi connectivity index (χ4v) is 3.22. The fraction of sp³-hybridized carbons (Fsp3) is 0.526. The second-order valence-electron chi connectivity index (χ2n) is 6.81. The van der Waals surface area contributed by atoms with E-state index in [1.165, 1.54) is 0 Å². The number of aromatic amines is 1. The number of aliphatic hydroxyl groups is 1. The predicted molar refractivity (Wildman–Crippen MR) is 101 cm³/mol. The van der Waals surface area contributed by atoms with Crippen molar-refractivity contribution in [2.24, 2.45) is 5.92 Å². The molecule has 8 nitrogen and oxygen atoms in total. The zero-order chi connectivity index (χ0) is 19.4. The quantitative estimate of drug-likeness (QED) is 0.715. The van der Waals surface area contributed by atoms with Gasteiger partial charge in [-0.3, -0.25) is 9.59 Å². The number of benzene rings is 1. The largest absolute Gasteiger partial charge is 0.385 e. The van der Waals surface area contributed by atoms with Crippen LogP contribution in [0.5, 0.6) is 0 Å². The lowest BCUT2D eigenvalue weighted by atomic mass is 9.95. The van der Waals surface area contributed by atoms with Crippen LogP contribution in [0.2, 0.25) is 0 Å². The average molecular weight is 374 g/mol. The number of imidazole rings is 1. The van der Waals surface area contributed by atoms with E-state index in [4.69, 9.17) is 4.74 Å². The van der Waals surface area contributed by atoms with Gasteiger partial charge in [0.2, 0.25) is 11.8 Å². The number of H-pyrrole nitrogens is 1. The van der Waals surface area contributed by atoms with Crippen LogP contribution in [0.15, 0.2) is 18.2 Å². The van der Waals surface area contributed by atoms with Crippen molar-refractivity contribution in [3.63, 3.8) is 0 Å². The monoisotopic (exact) mass is 374 g/mol. The van der Waals surface area contributed by atoms with Crippen LogP contribution in [0.1, 0.15) is 38.6 Å². The SMILES string of the molecule is CCOCC(=O)N1CCC(C(=O)Nc2ccc3nc(C(C)O)[nH]c3c2)CC1. The second-order valence-corrected chi connectivity index (χ2v) is 6.81. The number of aromatic nitrogens is 2. The molecular weight excluding hydrogens is 348 g/mol. The summed E-state index contributed by atoms with van der Waals surface area (Å²) < 4.78 is 5.16. The number of rotatable bonds is 6. The lowest BCUT2D eigenvalue weighted by molar-refractivity contribution is -0.138. The molecule has 0 saturated carbocycles. The highest BCUT2D eigenvalue weighted by Gasteiger charge is 2.27. The van der Waals surface area contributed by atoms with Gasteiger partial charge in [0.25, 0.3) is 0 Å². The molecule has 3 rings (SSSR count). The third-order valence-electron chi connectivity index (χ3n) is 4.81. The second kappa shape index (κ2) is 8.49. The molecule has 1 saturated heterocycles. The van der Waals surface area contributed by atoms with Gasteiger partial charge in [0.1, 0.15) is 18.5 Å². The molecule has 2 amide bonds. The van der Waals surface area contributed by atoms with Crippen LogP contribution in [-0.4, -0.2) is 58.1 Å². The number of hydrogen-bond donors (Lipinski definition) is 3. The number of amides is 2. The molecule has 1 aromatic heterocycles. The van der Waals surface area contributed by atoms with Crippen molar-refractivity contribution in [1.29, 1.82) is 0 Å².